The van der Waals surface area contributed by atoms with Crippen molar-refractivity contribution in [3.63, 3.8) is 0 Å². The maximum Gasteiger partial charge on any atom is 0.341 e. The lowest BCUT2D eigenvalue weighted by Gasteiger charge is -2.28. The smallest absolute Gasteiger partial charge is 0.341 e. The van der Waals surface area contributed by atoms with Gasteiger partial charge < -0.3 is 21.7 Å². The second kappa shape index (κ2) is 9.19. The molecule has 140 valence electrons. The minimum Gasteiger partial charge on any atom is -0.356 e. The highest BCUT2D eigenvalue weighted by molar-refractivity contribution is 8.02. The van der Waals surface area contributed by atoms with Gasteiger partial charge in [-0.15, -0.1) is 11.8 Å². The van der Waals surface area contributed by atoms with Gasteiger partial charge in [-0.25, -0.2) is 4.79 Å². The van der Waals surface area contributed by atoms with Gasteiger partial charge in [-0.05, 0) is 26.2 Å². The van der Waals surface area contributed by atoms with Gasteiger partial charge in [0.25, 0.3) is 0 Å². The Morgan fingerprint density at radius 3 is 2.76 bits per heavy atom. The summed E-state index contributed by atoms with van der Waals surface area (Å²) in [6.45, 7) is 2.79. The molecule has 4 amide bonds. The van der Waals surface area contributed by atoms with Crippen molar-refractivity contribution in [3.05, 3.63) is 0 Å². The average Bonchev–Trinajstić information content (AvgIpc) is 3.08. The Morgan fingerprint density at radius 1 is 1.28 bits per heavy atom. The number of fused-ring (bicyclic) bond motifs is 1. The van der Waals surface area contributed by atoms with Crippen LogP contribution in [0.25, 0.3) is 0 Å². The minimum atomic E-state index is -0.231. The lowest BCUT2D eigenvalue weighted by molar-refractivity contribution is -0.123. The molecule has 0 aromatic heterocycles. The fraction of sp³-hybridized carbons (Fsp3) is 0.750. The molecule has 25 heavy (non-hydrogen) atoms. The number of carbonyl (C=O) groups is 3. The van der Waals surface area contributed by atoms with E-state index in [1.807, 2.05) is 11.8 Å². The maximum absolute atomic E-state index is 11.8. The molecule has 2 aliphatic rings. The number of unbranched alkanes of at least 4 members (excludes halogenated alkanes) is 1. The largest absolute Gasteiger partial charge is 0.356 e. The van der Waals surface area contributed by atoms with Crippen LogP contribution in [0, 0.1) is 0 Å². The van der Waals surface area contributed by atoms with Crippen LogP contribution >= 0.6 is 11.8 Å². The van der Waals surface area contributed by atoms with Crippen LogP contribution in [-0.4, -0.2) is 53.3 Å². The molecule has 2 atom stereocenters. The van der Waals surface area contributed by atoms with Crippen LogP contribution < -0.4 is 21.7 Å². The zero-order valence-electron chi connectivity index (χ0n) is 14.6. The third-order valence-corrected chi connectivity index (χ3v) is 6.08. The van der Waals surface area contributed by atoms with E-state index in [2.05, 4.69) is 27.9 Å². The molecule has 9 heteroatoms. The van der Waals surface area contributed by atoms with Crippen molar-refractivity contribution in [2.75, 3.05) is 19.0 Å². The van der Waals surface area contributed by atoms with Crippen LogP contribution in [-0.2, 0) is 9.59 Å². The molecule has 2 heterocycles. The first-order valence-electron chi connectivity index (χ1n) is 8.70. The third kappa shape index (κ3) is 5.71. The van der Waals surface area contributed by atoms with E-state index in [0.717, 1.165) is 30.7 Å². The summed E-state index contributed by atoms with van der Waals surface area (Å²) in [5, 5.41) is 8.27. The van der Waals surface area contributed by atoms with Gasteiger partial charge in [0.05, 0.1) is 18.4 Å². The highest BCUT2D eigenvalue weighted by atomic mass is 32.2. The van der Waals surface area contributed by atoms with E-state index in [4.69, 9.17) is 5.73 Å². The number of nitrogens with two attached hydrogens (primary N) is 1. The van der Waals surface area contributed by atoms with Gasteiger partial charge in [0.1, 0.15) is 0 Å². The molecule has 0 radical (unpaired) electrons. The van der Waals surface area contributed by atoms with E-state index in [-0.39, 0.29) is 35.3 Å². The molecule has 1 fully saturated rings. The van der Waals surface area contributed by atoms with E-state index in [0.29, 0.717) is 25.8 Å². The molecule has 0 aliphatic carbocycles. The molecule has 0 saturated carbocycles. The summed E-state index contributed by atoms with van der Waals surface area (Å²) in [5.41, 5.74) is 6.16. The summed E-state index contributed by atoms with van der Waals surface area (Å²) in [6.07, 6.45) is 4.12. The Bertz CT molecular complexity index is 554. The number of nitrogens with zero attached hydrogens (tertiary/aromatic N) is 1. The summed E-state index contributed by atoms with van der Waals surface area (Å²) < 4.78 is -0.0299. The normalized spacial score (nSPS) is 24.5. The van der Waals surface area contributed by atoms with Crippen molar-refractivity contribution in [3.8, 4) is 0 Å². The van der Waals surface area contributed by atoms with Crippen molar-refractivity contribution in [1.82, 2.24) is 16.0 Å². The Labute approximate surface area is 152 Å². The van der Waals surface area contributed by atoms with Crippen LogP contribution in [0.2, 0.25) is 0 Å². The van der Waals surface area contributed by atoms with Crippen molar-refractivity contribution >= 4 is 35.3 Å². The van der Waals surface area contributed by atoms with E-state index >= 15 is 0 Å². The summed E-state index contributed by atoms with van der Waals surface area (Å²) >= 11 is 1.83. The molecule has 0 bridgehead atoms. The summed E-state index contributed by atoms with van der Waals surface area (Å²) in [7, 11) is 0. The lowest BCUT2D eigenvalue weighted by Crippen LogP contribution is -2.44. The second-order valence-corrected chi connectivity index (χ2v) is 8.06. The second-order valence-electron chi connectivity index (χ2n) is 6.55. The molecular formula is C16H27N5O3S. The number of thioether (sulfide) groups is 1. The third-order valence-electron chi connectivity index (χ3n) is 4.54. The fourth-order valence-electron chi connectivity index (χ4n) is 3.12. The van der Waals surface area contributed by atoms with Crippen LogP contribution in [0.5, 0.6) is 0 Å². The molecular weight excluding hydrogens is 342 g/mol. The molecule has 0 unspecified atom stereocenters. The molecule has 5 N–H and O–H groups in total. The molecule has 2 rings (SSSR count). The van der Waals surface area contributed by atoms with Crippen molar-refractivity contribution < 1.29 is 14.4 Å². The first kappa shape index (κ1) is 19.7. The monoisotopic (exact) mass is 369 g/mol. The van der Waals surface area contributed by atoms with Crippen LogP contribution in [0.3, 0.4) is 0 Å². The molecule has 0 aromatic carbocycles. The van der Waals surface area contributed by atoms with Gasteiger partial charge in [0, 0.05) is 29.9 Å². The molecule has 1 saturated heterocycles. The predicted molar refractivity (Wildman–Crippen MR) is 98.5 cm³/mol. The van der Waals surface area contributed by atoms with Crippen molar-refractivity contribution in [1.29, 1.82) is 0 Å². The Balaban J connectivity index is 1.55. The van der Waals surface area contributed by atoms with Gasteiger partial charge >= 0.3 is 6.03 Å². The highest BCUT2D eigenvalue weighted by Crippen LogP contribution is 2.42. The first-order chi connectivity index (χ1) is 11.9. The van der Waals surface area contributed by atoms with Crippen molar-refractivity contribution in [2.24, 2.45) is 10.7 Å². The Hall–Kier alpha value is -1.61. The maximum atomic E-state index is 11.8. The number of nitrogens with one attached hydrogen (secondary N) is 3. The molecule has 0 aromatic rings. The fourth-order valence-corrected chi connectivity index (χ4v) is 4.48. The number of amides is 4. The van der Waals surface area contributed by atoms with E-state index in [9.17, 15) is 14.4 Å². The molecule has 0 spiro atoms. The standard InChI is InChI=1S/C16H27N5O3S/c1-16(14-11(9-25-16)20-15(24)21-14)7-3-2-5-12(22)18-8-4-6-13(23)19-10-17/h14H,2-10,17H2,1H3,(H,18,22)(H,19,23)(H,21,24)/t14-,16-/m0/s1. The number of carbonyl (C=O) groups excluding carboxylic acids is 3. The number of hydrogen-bond acceptors (Lipinski definition) is 5. The number of rotatable bonds is 10. The summed E-state index contributed by atoms with van der Waals surface area (Å²) in [6, 6.07) is -0.190. The number of urea groups is 1. The quantitative estimate of drug-likeness (QED) is 0.330. The Kier molecular flexibility index (Phi) is 7.24. The van der Waals surface area contributed by atoms with E-state index in [1.165, 1.54) is 0 Å². The lowest BCUT2D eigenvalue weighted by atomic mass is 9.92. The van der Waals surface area contributed by atoms with Crippen molar-refractivity contribution in [2.45, 2.75) is 56.2 Å². The topological polar surface area (TPSA) is 126 Å². The zero-order chi connectivity index (χ0) is 18.3. The molecule has 2 aliphatic heterocycles. The van der Waals surface area contributed by atoms with E-state index < -0.39 is 0 Å². The number of hydrogen-bond donors (Lipinski definition) is 4. The summed E-state index contributed by atoms with van der Waals surface area (Å²) in [5.74, 6) is 0.721. The van der Waals surface area contributed by atoms with Crippen LogP contribution in [0.4, 0.5) is 4.79 Å². The van der Waals surface area contributed by atoms with Gasteiger partial charge in [0.15, 0.2) is 0 Å². The Morgan fingerprint density at radius 2 is 2.00 bits per heavy atom. The van der Waals surface area contributed by atoms with Gasteiger partial charge in [0.2, 0.25) is 11.8 Å². The van der Waals surface area contributed by atoms with Gasteiger partial charge in [-0.1, -0.05) is 6.42 Å². The van der Waals surface area contributed by atoms with Gasteiger partial charge in [-0.3, -0.25) is 9.59 Å². The zero-order valence-corrected chi connectivity index (χ0v) is 15.4. The van der Waals surface area contributed by atoms with Gasteiger partial charge in [-0.2, -0.15) is 4.99 Å². The van der Waals surface area contributed by atoms with Crippen LogP contribution in [0.1, 0.15) is 45.4 Å². The number of aliphatic imine (C=N–C) groups is 1. The SMILES string of the molecule is C[C@@]1(CCCCC(=O)NCCCC(=O)NCN)SCC2=NC(=O)N[C@@H]21. The first-order valence-corrected chi connectivity index (χ1v) is 9.68. The summed E-state index contributed by atoms with van der Waals surface area (Å²) in [4.78, 5) is 38.4. The highest BCUT2D eigenvalue weighted by Gasteiger charge is 2.47. The average molecular weight is 369 g/mol. The minimum absolute atomic E-state index is 0.0138. The van der Waals surface area contributed by atoms with E-state index in [1.54, 1.807) is 0 Å². The van der Waals surface area contributed by atoms with Crippen LogP contribution in [0.15, 0.2) is 4.99 Å². The predicted octanol–water partition coefficient (Wildman–Crippen LogP) is 0.514. The molecule has 8 nitrogen and oxygen atoms in total.